The summed E-state index contributed by atoms with van der Waals surface area (Å²) in [6.07, 6.45) is 3.77. The molecule has 0 aliphatic carbocycles. The number of ether oxygens (including phenoxy) is 1. The summed E-state index contributed by atoms with van der Waals surface area (Å²) in [7, 11) is 0. The third-order valence-corrected chi connectivity index (χ3v) is 3.56. The lowest BCUT2D eigenvalue weighted by molar-refractivity contribution is -0.143. The molecule has 2 N–H and O–H groups in total. The monoisotopic (exact) mass is 276 g/mol. The molecule has 0 saturated heterocycles. The summed E-state index contributed by atoms with van der Waals surface area (Å²) in [6.45, 7) is 2.44. The van der Waals surface area contributed by atoms with Gasteiger partial charge in [0.2, 0.25) is 0 Å². The molecule has 5 heteroatoms. The molecule has 100 valence electrons. The maximum absolute atomic E-state index is 11.4. The zero-order valence-corrected chi connectivity index (χ0v) is 11.5. The van der Waals surface area contributed by atoms with E-state index in [4.69, 9.17) is 10.5 Å². The van der Waals surface area contributed by atoms with Crippen molar-refractivity contribution in [2.75, 3.05) is 12.3 Å². The Morgan fingerprint density at radius 2 is 2.16 bits per heavy atom. The van der Waals surface area contributed by atoms with E-state index in [9.17, 15) is 4.79 Å². The fraction of sp³-hybridized carbons (Fsp3) is 0.214. The number of hydrogen-bond donors (Lipinski definition) is 1. The van der Waals surface area contributed by atoms with E-state index in [1.807, 2.05) is 42.7 Å². The van der Waals surface area contributed by atoms with E-state index in [-0.39, 0.29) is 12.5 Å². The highest BCUT2D eigenvalue weighted by atomic mass is 32.2. The van der Waals surface area contributed by atoms with Crippen LogP contribution in [0, 0.1) is 0 Å². The number of esters is 1. The van der Waals surface area contributed by atoms with E-state index in [1.165, 1.54) is 0 Å². The number of nitrogen functional groups attached to an aromatic ring is 1. The molecule has 0 unspecified atom stereocenters. The van der Waals surface area contributed by atoms with Gasteiger partial charge >= 0.3 is 5.97 Å². The molecule has 0 aliphatic rings. The van der Waals surface area contributed by atoms with Crippen molar-refractivity contribution in [1.82, 2.24) is 4.57 Å². The van der Waals surface area contributed by atoms with Crippen LogP contribution in [0.5, 0.6) is 0 Å². The van der Waals surface area contributed by atoms with E-state index >= 15 is 0 Å². The van der Waals surface area contributed by atoms with Gasteiger partial charge in [-0.2, -0.15) is 0 Å². The molecular formula is C14H16N2O2S. The van der Waals surface area contributed by atoms with Gasteiger partial charge in [-0.05, 0) is 25.1 Å². The number of benzene rings is 1. The molecule has 0 atom stereocenters. The summed E-state index contributed by atoms with van der Waals surface area (Å²) in [5, 5.41) is 0. The quantitative estimate of drug-likeness (QED) is 0.674. The van der Waals surface area contributed by atoms with E-state index in [2.05, 4.69) is 0 Å². The second kappa shape index (κ2) is 6.33. The Kier molecular flexibility index (Phi) is 4.52. The highest BCUT2D eigenvalue weighted by Crippen LogP contribution is 2.31. The number of anilines is 1. The molecule has 0 bridgehead atoms. The predicted octanol–water partition coefficient (Wildman–Crippen LogP) is 2.78. The van der Waals surface area contributed by atoms with Crippen molar-refractivity contribution in [3.05, 3.63) is 42.7 Å². The minimum Gasteiger partial charge on any atom is -0.465 e. The van der Waals surface area contributed by atoms with Crippen LogP contribution >= 0.6 is 11.8 Å². The Morgan fingerprint density at radius 3 is 2.89 bits per heavy atom. The summed E-state index contributed by atoms with van der Waals surface area (Å²) < 4.78 is 6.71. The molecular weight excluding hydrogens is 260 g/mol. The molecule has 1 aromatic heterocycles. The zero-order valence-electron chi connectivity index (χ0n) is 10.7. The third kappa shape index (κ3) is 3.79. The van der Waals surface area contributed by atoms with Crippen LogP contribution in [0.15, 0.2) is 52.5 Å². The van der Waals surface area contributed by atoms with Gasteiger partial charge in [0.1, 0.15) is 6.54 Å². The van der Waals surface area contributed by atoms with Crippen LogP contribution in [0.4, 0.5) is 5.69 Å². The van der Waals surface area contributed by atoms with Crippen LogP contribution in [-0.4, -0.2) is 17.1 Å². The summed E-state index contributed by atoms with van der Waals surface area (Å²) in [6, 6.07) is 9.66. The van der Waals surface area contributed by atoms with Gasteiger partial charge in [-0.25, -0.2) is 0 Å². The number of nitrogens with two attached hydrogens (primary N) is 1. The SMILES string of the molecule is CCOC(=O)Cn1ccc(Sc2ccccc2N)c1. The molecule has 0 fully saturated rings. The van der Waals surface area contributed by atoms with Gasteiger partial charge in [0.05, 0.1) is 6.61 Å². The first kappa shape index (κ1) is 13.5. The minimum atomic E-state index is -0.228. The van der Waals surface area contributed by atoms with Gasteiger partial charge < -0.3 is 15.0 Å². The molecule has 0 saturated carbocycles. The largest absolute Gasteiger partial charge is 0.465 e. The van der Waals surface area contributed by atoms with Gasteiger partial charge in [-0.1, -0.05) is 23.9 Å². The second-order valence-electron chi connectivity index (χ2n) is 3.96. The molecule has 2 aromatic rings. The Morgan fingerprint density at radius 1 is 1.37 bits per heavy atom. The lowest BCUT2D eigenvalue weighted by Crippen LogP contribution is -2.11. The molecule has 0 radical (unpaired) electrons. The average Bonchev–Trinajstić information content (AvgIpc) is 2.80. The fourth-order valence-electron chi connectivity index (χ4n) is 1.63. The first-order valence-electron chi connectivity index (χ1n) is 6.03. The number of aromatic nitrogens is 1. The van der Waals surface area contributed by atoms with E-state index in [0.717, 1.165) is 15.5 Å². The van der Waals surface area contributed by atoms with Crippen molar-refractivity contribution in [3.8, 4) is 0 Å². The van der Waals surface area contributed by atoms with Crippen LogP contribution < -0.4 is 5.73 Å². The minimum absolute atomic E-state index is 0.228. The Labute approximate surface area is 116 Å². The van der Waals surface area contributed by atoms with Crippen molar-refractivity contribution in [2.24, 2.45) is 0 Å². The second-order valence-corrected chi connectivity index (χ2v) is 5.08. The average molecular weight is 276 g/mol. The molecule has 0 aliphatic heterocycles. The van der Waals surface area contributed by atoms with Crippen molar-refractivity contribution in [1.29, 1.82) is 0 Å². The topological polar surface area (TPSA) is 57.2 Å². The fourth-order valence-corrected chi connectivity index (χ4v) is 2.54. The molecule has 1 heterocycles. The predicted molar refractivity (Wildman–Crippen MR) is 76.0 cm³/mol. The number of carbonyl (C=O) groups is 1. The van der Waals surface area contributed by atoms with Crippen LogP contribution in [0.2, 0.25) is 0 Å². The zero-order chi connectivity index (χ0) is 13.7. The van der Waals surface area contributed by atoms with E-state index < -0.39 is 0 Å². The molecule has 19 heavy (non-hydrogen) atoms. The maximum Gasteiger partial charge on any atom is 0.325 e. The lowest BCUT2D eigenvalue weighted by Gasteiger charge is -2.03. The van der Waals surface area contributed by atoms with Gasteiger partial charge in [0, 0.05) is 27.9 Å². The summed E-state index contributed by atoms with van der Waals surface area (Å²) >= 11 is 1.58. The van der Waals surface area contributed by atoms with Crippen molar-refractivity contribution in [2.45, 2.75) is 23.3 Å². The number of carbonyl (C=O) groups excluding carboxylic acids is 1. The highest BCUT2D eigenvalue weighted by molar-refractivity contribution is 7.99. The number of nitrogens with zero attached hydrogens (tertiary/aromatic N) is 1. The Balaban J connectivity index is 2.02. The number of rotatable bonds is 5. The van der Waals surface area contributed by atoms with Crippen molar-refractivity contribution < 1.29 is 9.53 Å². The van der Waals surface area contributed by atoms with Gasteiger partial charge in [-0.3, -0.25) is 4.79 Å². The Hall–Kier alpha value is -1.88. The molecule has 0 spiro atoms. The molecule has 0 amide bonds. The van der Waals surface area contributed by atoms with Gasteiger partial charge in [0.15, 0.2) is 0 Å². The normalized spacial score (nSPS) is 10.4. The van der Waals surface area contributed by atoms with E-state index in [0.29, 0.717) is 6.61 Å². The van der Waals surface area contributed by atoms with Crippen molar-refractivity contribution >= 4 is 23.4 Å². The van der Waals surface area contributed by atoms with Crippen LogP contribution in [0.1, 0.15) is 6.92 Å². The van der Waals surface area contributed by atoms with E-state index in [1.54, 1.807) is 23.3 Å². The van der Waals surface area contributed by atoms with Gasteiger partial charge in [-0.15, -0.1) is 0 Å². The maximum atomic E-state index is 11.4. The lowest BCUT2D eigenvalue weighted by atomic mass is 10.3. The summed E-state index contributed by atoms with van der Waals surface area (Å²) in [4.78, 5) is 13.4. The van der Waals surface area contributed by atoms with Gasteiger partial charge in [0.25, 0.3) is 0 Å². The third-order valence-electron chi connectivity index (χ3n) is 2.49. The first-order chi connectivity index (χ1) is 9.19. The first-order valence-corrected chi connectivity index (χ1v) is 6.84. The molecule has 4 nitrogen and oxygen atoms in total. The summed E-state index contributed by atoms with van der Waals surface area (Å²) in [5.41, 5.74) is 6.65. The van der Waals surface area contributed by atoms with Crippen LogP contribution in [0.3, 0.4) is 0 Å². The van der Waals surface area contributed by atoms with Crippen molar-refractivity contribution in [3.63, 3.8) is 0 Å². The Bertz CT molecular complexity index is 566. The number of para-hydroxylation sites is 1. The van der Waals surface area contributed by atoms with Crippen LogP contribution in [0.25, 0.3) is 0 Å². The highest BCUT2D eigenvalue weighted by Gasteiger charge is 2.06. The molecule has 1 aromatic carbocycles. The smallest absolute Gasteiger partial charge is 0.325 e. The molecule has 2 rings (SSSR count). The standard InChI is InChI=1S/C14H16N2O2S/c1-2-18-14(17)10-16-8-7-11(9-16)19-13-6-4-3-5-12(13)15/h3-9H,2,10,15H2,1H3. The number of hydrogen-bond acceptors (Lipinski definition) is 4. The van der Waals surface area contributed by atoms with Crippen LogP contribution in [-0.2, 0) is 16.1 Å². The summed E-state index contributed by atoms with van der Waals surface area (Å²) in [5.74, 6) is -0.228.